The van der Waals surface area contributed by atoms with Gasteiger partial charge in [-0.2, -0.15) is 0 Å². The first-order chi connectivity index (χ1) is 9.60. The van der Waals surface area contributed by atoms with Gasteiger partial charge in [-0.25, -0.2) is 0 Å². The number of nitrogens with zero attached hydrogens (tertiary/aromatic N) is 3. The van der Waals surface area contributed by atoms with Crippen molar-refractivity contribution in [1.82, 2.24) is 14.7 Å². The van der Waals surface area contributed by atoms with Crippen molar-refractivity contribution in [3.05, 3.63) is 0 Å². The third-order valence-electron chi connectivity index (χ3n) is 4.94. The van der Waals surface area contributed by atoms with Crippen molar-refractivity contribution in [2.24, 2.45) is 5.73 Å². The molecule has 2 aliphatic rings. The minimum absolute atomic E-state index is 0.274. The first-order valence-electron chi connectivity index (χ1n) is 8.06. The van der Waals surface area contributed by atoms with E-state index in [0.717, 1.165) is 58.4 Å². The minimum Gasteiger partial charge on any atom is -0.342 e. The van der Waals surface area contributed by atoms with E-state index in [-0.39, 0.29) is 5.91 Å². The molecule has 0 radical (unpaired) electrons. The predicted octanol–water partition coefficient (Wildman–Crippen LogP) is 0.352. The lowest BCUT2D eigenvalue weighted by Crippen LogP contribution is -2.50. The number of likely N-dealkylation sites (N-methyl/N-ethyl adjacent to an activating group) is 1. The average Bonchev–Trinajstić information content (AvgIpc) is 2.49. The topological polar surface area (TPSA) is 52.8 Å². The van der Waals surface area contributed by atoms with E-state index < -0.39 is 0 Å². The maximum absolute atomic E-state index is 12.4. The van der Waals surface area contributed by atoms with E-state index in [1.54, 1.807) is 0 Å². The van der Waals surface area contributed by atoms with Crippen LogP contribution in [-0.2, 0) is 4.79 Å². The van der Waals surface area contributed by atoms with Crippen LogP contribution in [0.3, 0.4) is 0 Å². The van der Waals surface area contributed by atoms with Crippen LogP contribution in [0.2, 0.25) is 0 Å². The summed E-state index contributed by atoms with van der Waals surface area (Å²) >= 11 is 0. The predicted molar refractivity (Wildman–Crippen MR) is 81.6 cm³/mol. The van der Waals surface area contributed by atoms with Crippen LogP contribution in [-0.4, -0.2) is 79.0 Å². The highest BCUT2D eigenvalue weighted by atomic mass is 16.2. The molecule has 2 aliphatic heterocycles. The number of carbonyl (C=O) groups excluding carboxylic acids is 1. The molecule has 0 spiro atoms. The molecule has 2 rings (SSSR count). The van der Waals surface area contributed by atoms with Crippen molar-refractivity contribution in [3.63, 3.8) is 0 Å². The van der Waals surface area contributed by atoms with Gasteiger partial charge < -0.3 is 15.5 Å². The number of nitrogens with two attached hydrogens (primary N) is 1. The Morgan fingerprint density at radius 3 is 2.20 bits per heavy atom. The maximum atomic E-state index is 12.4. The van der Waals surface area contributed by atoms with Gasteiger partial charge in [-0.1, -0.05) is 6.92 Å². The van der Waals surface area contributed by atoms with Crippen LogP contribution in [0.4, 0.5) is 0 Å². The lowest BCUT2D eigenvalue weighted by molar-refractivity contribution is -0.134. The van der Waals surface area contributed by atoms with Gasteiger partial charge in [0.2, 0.25) is 5.91 Å². The van der Waals surface area contributed by atoms with Gasteiger partial charge >= 0.3 is 0 Å². The molecule has 2 heterocycles. The molecule has 2 saturated heterocycles. The summed E-state index contributed by atoms with van der Waals surface area (Å²) in [6.07, 6.45) is 4.26. The standard InChI is InChI=1S/C15H30N4O/c1-3-18-10-6-14(7-11-18)17(2)15(20)12-19-8-4-13(16)5-9-19/h13-14H,3-12,16H2,1-2H3. The molecule has 0 saturated carbocycles. The van der Waals surface area contributed by atoms with Crippen LogP contribution in [0, 0.1) is 0 Å². The third kappa shape index (κ3) is 4.17. The van der Waals surface area contributed by atoms with E-state index in [1.165, 1.54) is 0 Å². The Morgan fingerprint density at radius 1 is 1.10 bits per heavy atom. The Balaban J connectivity index is 1.74. The second kappa shape index (κ2) is 7.38. The van der Waals surface area contributed by atoms with Gasteiger partial charge in [0.15, 0.2) is 0 Å². The van der Waals surface area contributed by atoms with Crippen LogP contribution >= 0.6 is 0 Å². The third-order valence-corrected chi connectivity index (χ3v) is 4.94. The van der Waals surface area contributed by atoms with Crippen molar-refractivity contribution in [3.8, 4) is 0 Å². The molecule has 20 heavy (non-hydrogen) atoms. The number of hydrogen-bond acceptors (Lipinski definition) is 4. The largest absolute Gasteiger partial charge is 0.342 e. The van der Waals surface area contributed by atoms with E-state index >= 15 is 0 Å². The molecule has 0 aromatic carbocycles. The lowest BCUT2D eigenvalue weighted by atomic mass is 10.0. The smallest absolute Gasteiger partial charge is 0.236 e. The fourth-order valence-corrected chi connectivity index (χ4v) is 3.24. The van der Waals surface area contributed by atoms with Gasteiger partial charge in [-0.3, -0.25) is 9.69 Å². The number of likely N-dealkylation sites (tertiary alicyclic amines) is 2. The van der Waals surface area contributed by atoms with Gasteiger partial charge in [0, 0.05) is 45.3 Å². The highest BCUT2D eigenvalue weighted by molar-refractivity contribution is 5.78. The summed E-state index contributed by atoms with van der Waals surface area (Å²) in [5.41, 5.74) is 5.90. The van der Waals surface area contributed by atoms with Crippen molar-refractivity contribution >= 4 is 5.91 Å². The number of amides is 1. The Kier molecular flexibility index (Phi) is 5.81. The average molecular weight is 282 g/mol. The highest BCUT2D eigenvalue weighted by Crippen LogP contribution is 2.16. The first-order valence-corrected chi connectivity index (χ1v) is 8.06. The molecule has 0 aromatic rings. The molecular formula is C15H30N4O. The molecule has 0 atom stereocenters. The van der Waals surface area contributed by atoms with Crippen LogP contribution in [0.15, 0.2) is 0 Å². The van der Waals surface area contributed by atoms with Gasteiger partial charge in [-0.05, 0) is 32.2 Å². The fourth-order valence-electron chi connectivity index (χ4n) is 3.24. The molecule has 0 unspecified atom stereocenters. The summed E-state index contributed by atoms with van der Waals surface area (Å²) in [5, 5.41) is 0. The summed E-state index contributed by atoms with van der Waals surface area (Å²) in [6, 6.07) is 0.759. The van der Waals surface area contributed by atoms with E-state index in [0.29, 0.717) is 18.6 Å². The Bertz CT molecular complexity index is 307. The summed E-state index contributed by atoms with van der Waals surface area (Å²) in [4.78, 5) is 19.1. The quantitative estimate of drug-likeness (QED) is 0.808. The van der Waals surface area contributed by atoms with Gasteiger partial charge in [0.1, 0.15) is 0 Å². The van der Waals surface area contributed by atoms with Crippen molar-refractivity contribution < 1.29 is 4.79 Å². The fraction of sp³-hybridized carbons (Fsp3) is 0.933. The lowest BCUT2D eigenvalue weighted by Gasteiger charge is -2.37. The molecule has 0 aromatic heterocycles. The van der Waals surface area contributed by atoms with Gasteiger partial charge in [0.05, 0.1) is 6.54 Å². The molecular weight excluding hydrogens is 252 g/mol. The van der Waals surface area contributed by atoms with Crippen molar-refractivity contribution in [2.45, 2.75) is 44.7 Å². The maximum Gasteiger partial charge on any atom is 0.236 e. The Morgan fingerprint density at radius 2 is 1.65 bits per heavy atom. The number of piperidine rings is 2. The summed E-state index contributed by atoms with van der Waals surface area (Å²) in [5.74, 6) is 0.274. The van der Waals surface area contributed by atoms with Crippen LogP contribution in [0.25, 0.3) is 0 Å². The first kappa shape index (κ1) is 15.7. The van der Waals surface area contributed by atoms with Gasteiger partial charge in [-0.15, -0.1) is 0 Å². The molecule has 0 bridgehead atoms. The molecule has 1 amide bonds. The molecule has 5 heteroatoms. The zero-order valence-electron chi connectivity index (χ0n) is 13.1. The van der Waals surface area contributed by atoms with Crippen LogP contribution in [0.5, 0.6) is 0 Å². The van der Waals surface area contributed by atoms with E-state index in [9.17, 15) is 4.79 Å². The summed E-state index contributed by atoms with van der Waals surface area (Å²) < 4.78 is 0. The highest BCUT2D eigenvalue weighted by Gasteiger charge is 2.26. The number of rotatable bonds is 4. The zero-order chi connectivity index (χ0) is 14.5. The minimum atomic E-state index is 0.274. The van der Waals surface area contributed by atoms with Crippen molar-refractivity contribution in [2.75, 3.05) is 46.3 Å². The van der Waals surface area contributed by atoms with E-state index in [1.807, 2.05) is 11.9 Å². The summed E-state index contributed by atoms with van der Waals surface area (Å²) in [6.45, 7) is 8.07. The normalized spacial score (nSPS) is 23.9. The molecule has 0 aliphatic carbocycles. The van der Waals surface area contributed by atoms with Crippen LogP contribution < -0.4 is 5.73 Å². The second-order valence-corrected chi connectivity index (χ2v) is 6.28. The van der Waals surface area contributed by atoms with Gasteiger partial charge in [0.25, 0.3) is 0 Å². The Labute approximate surface area is 123 Å². The molecule has 116 valence electrons. The second-order valence-electron chi connectivity index (χ2n) is 6.28. The van der Waals surface area contributed by atoms with E-state index in [2.05, 4.69) is 16.7 Å². The number of hydrogen-bond donors (Lipinski definition) is 1. The van der Waals surface area contributed by atoms with Crippen LogP contribution in [0.1, 0.15) is 32.6 Å². The molecule has 2 fully saturated rings. The zero-order valence-corrected chi connectivity index (χ0v) is 13.1. The Hall–Kier alpha value is -0.650. The van der Waals surface area contributed by atoms with Crippen molar-refractivity contribution in [1.29, 1.82) is 0 Å². The SMILES string of the molecule is CCN1CCC(N(C)C(=O)CN2CCC(N)CC2)CC1. The molecule has 2 N–H and O–H groups in total. The molecule has 5 nitrogen and oxygen atoms in total. The van der Waals surface area contributed by atoms with E-state index in [4.69, 9.17) is 5.73 Å². The summed E-state index contributed by atoms with van der Waals surface area (Å²) in [7, 11) is 1.98. The monoisotopic (exact) mass is 282 g/mol. The number of carbonyl (C=O) groups is 1.